The van der Waals surface area contributed by atoms with Gasteiger partial charge in [-0.3, -0.25) is 0 Å². The number of aryl methyl sites for hydroxylation is 3. The van der Waals surface area contributed by atoms with Gasteiger partial charge in [0.05, 0.1) is 5.75 Å². The second-order valence-electron chi connectivity index (χ2n) is 12.0. The summed E-state index contributed by atoms with van der Waals surface area (Å²) >= 11 is 0. The number of pyridine rings is 1. The van der Waals surface area contributed by atoms with Gasteiger partial charge in [-0.05, 0) is 25.3 Å². The molecule has 0 aliphatic carbocycles. The average molecular weight is 682 g/mol. The summed E-state index contributed by atoms with van der Waals surface area (Å²) in [5, 5.41) is 0. The number of aromatic nitrogens is 1. The summed E-state index contributed by atoms with van der Waals surface area (Å²) in [6, 6.07) is 4.81. The zero-order valence-electron chi connectivity index (χ0n) is 27.6. The predicted molar refractivity (Wildman–Crippen MR) is 182 cm³/mol. The van der Waals surface area contributed by atoms with E-state index in [0.29, 0.717) is 0 Å². The fourth-order valence-corrected chi connectivity index (χ4v) is 7.33. The Labute approximate surface area is 268 Å². The molecule has 0 fully saturated rings. The molecule has 0 spiro atoms. The second kappa shape index (κ2) is 23.2. The van der Waals surface area contributed by atoms with Crippen molar-refractivity contribution in [2.45, 2.75) is 169 Å². The zero-order chi connectivity index (χ0) is 32.5. The third-order valence-corrected chi connectivity index (χ3v) is 9.92. The van der Waals surface area contributed by atoms with Gasteiger partial charge in [0.1, 0.15) is 0 Å². The van der Waals surface area contributed by atoms with E-state index in [9.17, 15) is 25.2 Å². The predicted octanol–water partition coefficient (Wildman–Crippen LogP) is 14.7. The summed E-state index contributed by atoms with van der Waals surface area (Å²) in [6.45, 7) is 10.3. The van der Waals surface area contributed by atoms with Gasteiger partial charge in [0.2, 0.25) is 0 Å². The summed E-state index contributed by atoms with van der Waals surface area (Å²) in [7, 11) is -6.47. The molecule has 1 nitrogen and oxygen atoms in total. The van der Waals surface area contributed by atoms with Crippen molar-refractivity contribution in [3.05, 3.63) is 29.1 Å². The summed E-state index contributed by atoms with van der Waals surface area (Å²) in [4.78, 5) is 0. The molecule has 0 saturated heterocycles. The fourth-order valence-electron chi connectivity index (χ4n) is 5.23. The van der Waals surface area contributed by atoms with Crippen LogP contribution in [0.1, 0.15) is 159 Å². The Kier molecular flexibility index (Phi) is 23.1. The van der Waals surface area contributed by atoms with Crippen molar-refractivity contribution in [3.8, 4) is 0 Å². The fraction of sp³-hybridized carbons (Fsp3) is 0.848. The second-order valence-corrected chi connectivity index (χ2v) is 16.7. The summed E-state index contributed by atoms with van der Waals surface area (Å²) in [5.41, 5.74) is 4.43. The van der Waals surface area contributed by atoms with Crippen LogP contribution >= 0.6 is 29.4 Å². The van der Waals surface area contributed by atoms with Crippen molar-refractivity contribution in [1.82, 2.24) is 0 Å². The van der Waals surface area contributed by atoms with Gasteiger partial charge < -0.3 is 0 Å². The molecule has 0 bridgehead atoms. The van der Waals surface area contributed by atoms with Crippen molar-refractivity contribution in [2.75, 3.05) is 11.5 Å². The minimum atomic E-state index is -10.7. The Morgan fingerprint density at radius 3 is 1.35 bits per heavy atom. The first-order chi connectivity index (χ1) is 20.1. The molecule has 43 heavy (non-hydrogen) atoms. The molecule has 258 valence electrons. The molecular formula is C33H62F6NPS2. The monoisotopic (exact) mass is 681 g/mol. The number of hydrogen-bond donors (Lipinski definition) is 0. The van der Waals surface area contributed by atoms with Crippen LogP contribution in [0.4, 0.5) is 25.2 Å². The standard InChI is InChI=1S/C33H62NS2.F6P/c1-5-7-9-11-13-15-16-17-18-19-21-23-25-33-30-31(3)29-32(4)34(33)26-28-36-35-27-24-22-20-14-12-10-8-6-2;1-7(2,3,4,5)6/h29-30H,5-28H2,1-4H3;/q+1;-1. The third-order valence-electron chi connectivity index (χ3n) is 7.45. The molecule has 0 atom stereocenters. The van der Waals surface area contributed by atoms with Crippen LogP contribution in [0.3, 0.4) is 0 Å². The van der Waals surface area contributed by atoms with Crippen LogP contribution in [0.15, 0.2) is 12.1 Å². The van der Waals surface area contributed by atoms with Gasteiger partial charge >= 0.3 is 33.0 Å². The maximum atomic E-state index is 9.87. The SMILES string of the molecule is CCCCCCCCCCCCCCc1cc(C)cc(C)[n+]1CCSSCCCCCCCCCC.F[P-](F)(F)(F)(F)F. The van der Waals surface area contributed by atoms with Crippen molar-refractivity contribution in [2.24, 2.45) is 0 Å². The van der Waals surface area contributed by atoms with Crippen LogP contribution in [0.5, 0.6) is 0 Å². The van der Waals surface area contributed by atoms with Gasteiger partial charge in [-0.15, -0.1) is 0 Å². The molecule has 0 saturated carbocycles. The number of unbranched alkanes of at least 4 members (excludes halogenated alkanes) is 18. The van der Waals surface area contributed by atoms with Crippen LogP contribution < -0.4 is 4.57 Å². The molecule has 0 unspecified atom stereocenters. The molecule has 0 aliphatic rings. The Morgan fingerprint density at radius 2 is 0.907 bits per heavy atom. The number of halogens is 6. The van der Waals surface area contributed by atoms with Crippen LogP contribution in [-0.2, 0) is 13.0 Å². The number of rotatable bonds is 26. The van der Waals surface area contributed by atoms with Crippen molar-refractivity contribution >= 4 is 29.4 Å². The summed E-state index contributed by atoms with van der Waals surface area (Å²) < 4.78 is 61.8. The molecule has 1 rings (SSSR count). The maximum absolute atomic E-state index is 10.7. The molecular weight excluding hydrogens is 619 g/mol. The average Bonchev–Trinajstić information content (AvgIpc) is 2.89. The van der Waals surface area contributed by atoms with Gasteiger partial charge in [-0.25, -0.2) is 0 Å². The van der Waals surface area contributed by atoms with E-state index in [4.69, 9.17) is 0 Å². The quantitative estimate of drug-likeness (QED) is 0.0315. The minimum absolute atomic E-state index is 1.16. The molecule has 0 amide bonds. The Morgan fingerprint density at radius 1 is 0.535 bits per heavy atom. The van der Waals surface area contributed by atoms with Gasteiger partial charge in [0.15, 0.2) is 17.9 Å². The van der Waals surface area contributed by atoms with E-state index >= 15 is 0 Å². The van der Waals surface area contributed by atoms with E-state index in [2.05, 4.69) is 66.0 Å². The Bertz CT molecular complexity index is 810. The first-order valence-corrected chi connectivity index (χ1v) is 21.5. The van der Waals surface area contributed by atoms with Crippen LogP contribution in [-0.4, -0.2) is 11.5 Å². The van der Waals surface area contributed by atoms with Crippen molar-refractivity contribution < 1.29 is 29.7 Å². The molecule has 0 radical (unpaired) electrons. The normalized spacial score (nSPS) is 13.3. The molecule has 10 heteroatoms. The van der Waals surface area contributed by atoms with E-state index in [1.807, 2.05) is 0 Å². The van der Waals surface area contributed by atoms with E-state index in [1.54, 1.807) is 5.69 Å². The molecule has 1 aromatic rings. The summed E-state index contributed by atoms with van der Waals surface area (Å²) in [6.07, 6.45) is 29.8. The molecule has 0 aromatic carbocycles. The van der Waals surface area contributed by atoms with E-state index in [1.165, 1.54) is 158 Å². The van der Waals surface area contributed by atoms with Crippen LogP contribution in [0, 0.1) is 13.8 Å². The Hall–Kier alpha value is -0.140. The zero-order valence-corrected chi connectivity index (χ0v) is 30.1. The van der Waals surface area contributed by atoms with Crippen molar-refractivity contribution in [3.63, 3.8) is 0 Å². The molecule has 1 aromatic heterocycles. The number of hydrogen-bond acceptors (Lipinski definition) is 2. The van der Waals surface area contributed by atoms with Crippen molar-refractivity contribution in [1.29, 1.82) is 0 Å². The van der Waals surface area contributed by atoms with Crippen LogP contribution in [0.2, 0.25) is 0 Å². The molecule has 0 N–H and O–H groups in total. The van der Waals surface area contributed by atoms with E-state index in [0.717, 1.165) is 6.54 Å². The summed E-state index contributed by atoms with van der Waals surface area (Å²) in [5.74, 6) is 2.55. The van der Waals surface area contributed by atoms with Gasteiger partial charge in [-0.1, -0.05) is 151 Å². The Balaban J connectivity index is 0.00000223. The van der Waals surface area contributed by atoms with Gasteiger partial charge in [-0.2, -0.15) is 4.57 Å². The van der Waals surface area contributed by atoms with Gasteiger partial charge in [0, 0.05) is 31.2 Å². The third kappa shape index (κ3) is 34.6. The van der Waals surface area contributed by atoms with E-state index < -0.39 is 7.81 Å². The number of nitrogens with zero attached hydrogens (tertiary/aromatic N) is 1. The van der Waals surface area contributed by atoms with E-state index in [-0.39, 0.29) is 0 Å². The van der Waals surface area contributed by atoms with Crippen LogP contribution in [0.25, 0.3) is 0 Å². The molecule has 0 aliphatic heterocycles. The topological polar surface area (TPSA) is 3.88 Å². The first kappa shape index (κ1) is 42.9. The first-order valence-electron chi connectivity index (χ1n) is 16.9. The van der Waals surface area contributed by atoms with Gasteiger partial charge in [0.25, 0.3) is 0 Å². The molecule has 1 heterocycles.